The zero-order valence-electron chi connectivity index (χ0n) is 11.7. The Balaban J connectivity index is 2.89. The normalized spacial score (nSPS) is 18.9. The molecule has 0 aromatic heterocycles. The van der Waals surface area contributed by atoms with E-state index in [1.165, 1.54) is 0 Å². The molecular weight excluding hydrogens is 248 g/mol. The maximum absolute atomic E-state index is 12.5. The molecule has 0 radical (unpaired) electrons. The fraction of sp³-hybridized carbons (Fsp3) is 0.846. The molecule has 0 saturated carbocycles. The van der Waals surface area contributed by atoms with Crippen molar-refractivity contribution in [3.8, 4) is 0 Å². The van der Waals surface area contributed by atoms with Gasteiger partial charge in [0.05, 0.1) is 5.41 Å². The molecule has 0 aliphatic carbocycles. The molecule has 0 unspecified atom stereocenters. The van der Waals surface area contributed by atoms with Crippen LogP contribution in [0.1, 0.15) is 39.5 Å². The fourth-order valence-electron chi connectivity index (χ4n) is 2.42. The Morgan fingerprint density at radius 1 is 1.32 bits per heavy atom. The topological polar surface area (TPSA) is 102 Å². The molecule has 0 atom stereocenters. The Labute approximate surface area is 113 Å². The molecule has 0 bridgehead atoms. The van der Waals surface area contributed by atoms with E-state index in [1.807, 2.05) is 0 Å². The first-order chi connectivity index (χ1) is 8.96. The minimum absolute atomic E-state index is 0.214. The van der Waals surface area contributed by atoms with Crippen molar-refractivity contribution in [3.05, 3.63) is 0 Å². The first-order valence-electron chi connectivity index (χ1n) is 6.80. The van der Waals surface area contributed by atoms with E-state index in [-0.39, 0.29) is 12.5 Å². The van der Waals surface area contributed by atoms with Crippen LogP contribution in [0.5, 0.6) is 0 Å². The van der Waals surface area contributed by atoms with Crippen molar-refractivity contribution in [2.24, 2.45) is 11.1 Å². The average Bonchev–Trinajstić information content (AvgIpc) is 2.44. The lowest BCUT2D eigenvalue weighted by Crippen LogP contribution is -2.60. The summed E-state index contributed by atoms with van der Waals surface area (Å²) in [6, 6.07) is 0. The summed E-state index contributed by atoms with van der Waals surface area (Å²) in [5.41, 5.74) is 3.87. The highest BCUT2D eigenvalue weighted by atomic mass is 16.5. The first kappa shape index (κ1) is 15.9. The molecule has 0 spiro atoms. The number of rotatable bonds is 6. The Morgan fingerprint density at radius 3 is 2.21 bits per heavy atom. The van der Waals surface area contributed by atoms with Crippen molar-refractivity contribution in [2.75, 3.05) is 19.8 Å². The van der Waals surface area contributed by atoms with Crippen LogP contribution in [0.4, 0.5) is 0 Å². The van der Waals surface area contributed by atoms with E-state index < -0.39 is 16.9 Å². The monoisotopic (exact) mass is 272 g/mol. The van der Waals surface area contributed by atoms with Gasteiger partial charge in [0, 0.05) is 19.8 Å². The number of carboxylic acids is 1. The summed E-state index contributed by atoms with van der Waals surface area (Å²) in [4.78, 5) is 23.9. The Bertz CT molecular complexity index is 334. The average molecular weight is 272 g/mol. The van der Waals surface area contributed by atoms with Gasteiger partial charge in [-0.2, -0.15) is 0 Å². The van der Waals surface area contributed by atoms with Crippen molar-refractivity contribution in [3.63, 3.8) is 0 Å². The molecule has 1 rings (SSSR count). The molecule has 1 aliphatic rings. The number of nitrogens with two attached hydrogens (primary N) is 1. The van der Waals surface area contributed by atoms with Gasteiger partial charge in [0.25, 0.3) is 0 Å². The van der Waals surface area contributed by atoms with E-state index in [2.05, 4.69) is 5.32 Å². The molecule has 4 N–H and O–H groups in total. The molecule has 19 heavy (non-hydrogen) atoms. The molecule has 0 aromatic rings. The second-order valence-corrected chi connectivity index (χ2v) is 5.15. The van der Waals surface area contributed by atoms with Gasteiger partial charge >= 0.3 is 5.97 Å². The summed E-state index contributed by atoms with van der Waals surface area (Å²) >= 11 is 0. The number of nitrogens with one attached hydrogen (secondary N) is 1. The molecule has 6 nitrogen and oxygen atoms in total. The van der Waals surface area contributed by atoms with Gasteiger partial charge in [0.15, 0.2) is 0 Å². The maximum atomic E-state index is 12.5. The second-order valence-electron chi connectivity index (χ2n) is 5.15. The zero-order chi connectivity index (χ0) is 14.5. The quantitative estimate of drug-likeness (QED) is 0.653. The standard InChI is InChI=1S/C13H24N2O4/c1-3-13(4-2,11(17)18)15-10(16)12(9-14)5-7-19-8-6-12/h3-9,14H2,1-2H3,(H,15,16)(H,17,18). The van der Waals surface area contributed by atoms with E-state index in [9.17, 15) is 14.7 Å². The summed E-state index contributed by atoms with van der Waals surface area (Å²) in [5.74, 6) is -1.26. The van der Waals surface area contributed by atoms with E-state index in [1.54, 1.807) is 13.8 Å². The smallest absolute Gasteiger partial charge is 0.329 e. The van der Waals surface area contributed by atoms with Crippen LogP contribution in [-0.4, -0.2) is 42.3 Å². The summed E-state index contributed by atoms with van der Waals surface area (Å²) in [6.07, 6.45) is 1.78. The van der Waals surface area contributed by atoms with Crippen molar-refractivity contribution in [1.82, 2.24) is 5.32 Å². The van der Waals surface area contributed by atoms with E-state index in [0.29, 0.717) is 38.9 Å². The Morgan fingerprint density at radius 2 is 1.84 bits per heavy atom. The Kier molecular flexibility index (Phi) is 5.31. The number of aliphatic carboxylic acids is 1. The molecule has 1 aliphatic heterocycles. The number of carbonyl (C=O) groups excluding carboxylic acids is 1. The molecule has 6 heteroatoms. The summed E-state index contributed by atoms with van der Waals surface area (Å²) in [7, 11) is 0. The highest BCUT2D eigenvalue weighted by molar-refractivity contribution is 5.90. The molecule has 1 heterocycles. The number of ether oxygens (including phenoxy) is 1. The van der Waals surface area contributed by atoms with Gasteiger partial charge in [-0.1, -0.05) is 13.8 Å². The van der Waals surface area contributed by atoms with Crippen molar-refractivity contribution in [2.45, 2.75) is 45.1 Å². The van der Waals surface area contributed by atoms with Crippen LogP contribution in [0.15, 0.2) is 0 Å². The van der Waals surface area contributed by atoms with Crippen LogP contribution >= 0.6 is 0 Å². The van der Waals surface area contributed by atoms with Gasteiger partial charge in [-0.05, 0) is 25.7 Å². The first-order valence-corrected chi connectivity index (χ1v) is 6.80. The van der Waals surface area contributed by atoms with Gasteiger partial charge in [-0.3, -0.25) is 4.79 Å². The molecule has 0 aromatic carbocycles. The highest BCUT2D eigenvalue weighted by Crippen LogP contribution is 2.31. The second kappa shape index (κ2) is 6.34. The predicted molar refractivity (Wildman–Crippen MR) is 70.6 cm³/mol. The highest BCUT2D eigenvalue weighted by Gasteiger charge is 2.44. The third kappa shape index (κ3) is 3.06. The minimum Gasteiger partial charge on any atom is -0.480 e. The molecule has 110 valence electrons. The molecule has 1 saturated heterocycles. The van der Waals surface area contributed by atoms with Crippen LogP contribution in [0.3, 0.4) is 0 Å². The van der Waals surface area contributed by atoms with Crippen molar-refractivity contribution < 1.29 is 19.4 Å². The maximum Gasteiger partial charge on any atom is 0.329 e. The molecule has 1 amide bonds. The third-order valence-electron chi connectivity index (χ3n) is 4.29. The Hall–Kier alpha value is -1.14. The van der Waals surface area contributed by atoms with E-state index in [4.69, 9.17) is 10.5 Å². The summed E-state index contributed by atoms with van der Waals surface area (Å²) in [5, 5.41) is 12.1. The van der Waals surface area contributed by atoms with Gasteiger partial charge < -0.3 is 20.9 Å². The third-order valence-corrected chi connectivity index (χ3v) is 4.29. The summed E-state index contributed by atoms with van der Waals surface area (Å²) < 4.78 is 5.26. The van der Waals surface area contributed by atoms with Gasteiger partial charge in [-0.25, -0.2) is 4.79 Å². The van der Waals surface area contributed by atoms with Gasteiger partial charge in [0.2, 0.25) is 5.91 Å². The predicted octanol–water partition coefficient (Wildman–Crippen LogP) is 0.502. The zero-order valence-corrected chi connectivity index (χ0v) is 11.7. The SMILES string of the molecule is CCC(CC)(NC(=O)C1(CN)CCOCC1)C(=O)O. The fourth-order valence-corrected chi connectivity index (χ4v) is 2.42. The number of carboxylic acid groups (broad SMARTS) is 1. The number of hydrogen-bond donors (Lipinski definition) is 3. The van der Waals surface area contributed by atoms with Crippen LogP contribution in [0.2, 0.25) is 0 Å². The van der Waals surface area contributed by atoms with Crippen LogP contribution < -0.4 is 11.1 Å². The van der Waals surface area contributed by atoms with Crippen LogP contribution in [0, 0.1) is 5.41 Å². The lowest BCUT2D eigenvalue weighted by Gasteiger charge is -2.38. The van der Waals surface area contributed by atoms with Crippen LogP contribution in [0.25, 0.3) is 0 Å². The summed E-state index contributed by atoms with van der Waals surface area (Å²) in [6.45, 7) is 4.71. The van der Waals surface area contributed by atoms with Crippen molar-refractivity contribution in [1.29, 1.82) is 0 Å². The molecule has 1 fully saturated rings. The van der Waals surface area contributed by atoms with E-state index >= 15 is 0 Å². The number of hydrogen-bond acceptors (Lipinski definition) is 4. The largest absolute Gasteiger partial charge is 0.480 e. The van der Waals surface area contributed by atoms with E-state index in [0.717, 1.165) is 0 Å². The number of carbonyl (C=O) groups is 2. The lowest BCUT2D eigenvalue weighted by atomic mass is 9.78. The van der Waals surface area contributed by atoms with Crippen molar-refractivity contribution >= 4 is 11.9 Å². The molecular formula is C13H24N2O4. The minimum atomic E-state index is -1.20. The van der Waals surface area contributed by atoms with Gasteiger partial charge in [-0.15, -0.1) is 0 Å². The number of amides is 1. The lowest BCUT2D eigenvalue weighted by molar-refractivity contribution is -0.151. The van der Waals surface area contributed by atoms with Gasteiger partial charge in [0.1, 0.15) is 5.54 Å². The van der Waals surface area contributed by atoms with Crippen LogP contribution in [-0.2, 0) is 14.3 Å².